The largest absolute Gasteiger partial charge is 0.460 e. The summed E-state index contributed by atoms with van der Waals surface area (Å²) in [6.45, 7) is 7.59. The van der Waals surface area contributed by atoms with Gasteiger partial charge in [0.15, 0.2) is 0 Å². The molecule has 7 nitrogen and oxygen atoms in total. The van der Waals surface area contributed by atoms with Crippen LogP contribution in [-0.2, 0) is 23.0 Å². The fraction of sp³-hybridized carbons (Fsp3) is 0.481. The van der Waals surface area contributed by atoms with Crippen LogP contribution in [0, 0.1) is 6.92 Å². The number of halogens is 2. The van der Waals surface area contributed by atoms with Crippen molar-refractivity contribution in [2.45, 2.75) is 64.9 Å². The number of fused-ring (bicyclic) bond motifs is 1. The minimum absolute atomic E-state index is 0.0419. The summed E-state index contributed by atoms with van der Waals surface area (Å²) >= 11 is 0. The first-order chi connectivity index (χ1) is 16.8. The van der Waals surface area contributed by atoms with E-state index in [1.807, 2.05) is 51.4 Å². The Morgan fingerprint density at radius 1 is 1.14 bits per heavy atom. The molecular formula is C27H32F2N4O3. The Balaban J connectivity index is 1.51. The van der Waals surface area contributed by atoms with E-state index < -0.39 is 11.5 Å². The zero-order chi connectivity index (χ0) is 26.3. The minimum Gasteiger partial charge on any atom is -0.460 e. The van der Waals surface area contributed by atoms with Crippen molar-refractivity contribution >= 4 is 22.9 Å². The topological polar surface area (TPSA) is 77.3 Å². The number of esters is 1. The van der Waals surface area contributed by atoms with E-state index in [-0.39, 0.29) is 44.2 Å². The summed E-state index contributed by atoms with van der Waals surface area (Å²) in [6.07, 6.45) is 1.58. The maximum Gasteiger partial charge on any atom is 0.306 e. The van der Waals surface area contributed by atoms with E-state index >= 15 is 0 Å². The van der Waals surface area contributed by atoms with Crippen molar-refractivity contribution in [3.63, 3.8) is 0 Å². The molecule has 0 unspecified atom stereocenters. The summed E-state index contributed by atoms with van der Waals surface area (Å²) in [5.41, 5.74) is 4.17. The van der Waals surface area contributed by atoms with Crippen molar-refractivity contribution in [1.29, 1.82) is 0 Å². The number of hydrogen-bond acceptors (Lipinski definition) is 5. The molecule has 1 fully saturated rings. The lowest BCUT2D eigenvalue weighted by atomic mass is 10.0. The Labute approximate surface area is 209 Å². The van der Waals surface area contributed by atoms with Gasteiger partial charge in [-0.05, 0) is 57.5 Å². The molecule has 1 saturated heterocycles. The fourth-order valence-electron chi connectivity index (χ4n) is 4.39. The van der Waals surface area contributed by atoms with Crippen LogP contribution in [0.25, 0.3) is 22.3 Å². The van der Waals surface area contributed by atoms with E-state index in [4.69, 9.17) is 9.72 Å². The summed E-state index contributed by atoms with van der Waals surface area (Å²) < 4.78 is 34.2. The highest BCUT2D eigenvalue weighted by atomic mass is 19.3. The van der Waals surface area contributed by atoms with Gasteiger partial charge in [-0.25, -0.2) is 13.8 Å². The molecule has 0 atom stereocenters. The van der Waals surface area contributed by atoms with Crippen molar-refractivity contribution in [3.05, 3.63) is 47.4 Å². The van der Waals surface area contributed by atoms with Gasteiger partial charge in [0.1, 0.15) is 11.4 Å². The highest BCUT2D eigenvalue weighted by molar-refractivity contribution is 5.94. The Kier molecular flexibility index (Phi) is 6.86. The second kappa shape index (κ2) is 9.59. The van der Waals surface area contributed by atoms with E-state index in [2.05, 4.69) is 4.98 Å². The van der Waals surface area contributed by atoms with Crippen LogP contribution in [0.1, 0.15) is 61.8 Å². The molecule has 1 aliphatic rings. The van der Waals surface area contributed by atoms with E-state index in [9.17, 15) is 18.4 Å². The molecule has 3 heterocycles. The number of nitrogens with zero attached hydrogens (tertiary/aromatic N) is 4. The van der Waals surface area contributed by atoms with Gasteiger partial charge in [-0.2, -0.15) is 0 Å². The second-order valence-corrected chi connectivity index (χ2v) is 10.4. The maximum atomic E-state index is 13.4. The third kappa shape index (κ3) is 5.71. The standard InChI is InChI=1S/C27H32F2N4O3/c1-17-14-19(15-21-24(17)31-22(32(21)5)8-9-23(34)36-26(2,3)4)20-7-6-18(16-30-20)25(35)33-12-10-27(28,29)11-13-33/h6-7,14-16H,8-13H2,1-5H3. The molecule has 1 amide bonds. The van der Waals surface area contributed by atoms with Crippen LogP contribution in [0.15, 0.2) is 30.5 Å². The van der Waals surface area contributed by atoms with Crippen molar-refractivity contribution < 1.29 is 23.1 Å². The number of amides is 1. The van der Waals surface area contributed by atoms with Gasteiger partial charge in [0, 0.05) is 51.2 Å². The fourth-order valence-corrected chi connectivity index (χ4v) is 4.39. The van der Waals surface area contributed by atoms with Gasteiger partial charge in [0.2, 0.25) is 0 Å². The Morgan fingerprint density at radius 3 is 2.44 bits per heavy atom. The van der Waals surface area contributed by atoms with Crippen molar-refractivity contribution in [3.8, 4) is 11.3 Å². The van der Waals surface area contributed by atoms with Crippen LogP contribution in [0.5, 0.6) is 0 Å². The lowest BCUT2D eigenvalue weighted by Crippen LogP contribution is -2.42. The van der Waals surface area contributed by atoms with Gasteiger partial charge in [-0.3, -0.25) is 14.6 Å². The van der Waals surface area contributed by atoms with E-state index in [0.29, 0.717) is 17.7 Å². The molecule has 3 aromatic rings. The Bertz CT molecular complexity index is 1280. The van der Waals surface area contributed by atoms with Crippen LogP contribution in [0.2, 0.25) is 0 Å². The van der Waals surface area contributed by atoms with Gasteiger partial charge < -0.3 is 14.2 Å². The predicted molar refractivity (Wildman–Crippen MR) is 133 cm³/mol. The molecule has 0 saturated carbocycles. The van der Waals surface area contributed by atoms with Crippen molar-refractivity contribution in [2.24, 2.45) is 7.05 Å². The SMILES string of the molecule is Cc1cc(-c2ccc(C(=O)N3CCC(F)(F)CC3)cn2)cc2c1nc(CCC(=O)OC(C)(C)C)n2C. The van der Waals surface area contributed by atoms with Gasteiger partial charge in [0.05, 0.1) is 28.7 Å². The minimum atomic E-state index is -2.70. The Hall–Kier alpha value is -3.36. The first kappa shape index (κ1) is 25.7. The zero-order valence-corrected chi connectivity index (χ0v) is 21.4. The van der Waals surface area contributed by atoms with E-state index in [0.717, 1.165) is 28.0 Å². The molecule has 2 aromatic heterocycles. The quantitative estimate of drug-likeness (QED) is 0.458. The Morgan fingerprint density at radius 2 is 1.83 bits per heavy atom. The van der Waals surface area contributed by atoms with Gasteiger partial charge in [0.25, 0.3) is 11.8 Å². The summed E-state index contributed by atoms with van der Waals surface area (Å²) in [7, 11) is 1.92. The molecule has 4 rings (SSSR count). The van der Waals surface area contributed by atoms with Crippen LogP contribution < -0.4 is 0 Å². The number of ether oxygens (including phenoxy) is 1. The highest BCUT2D eigenvalue weighted by Gasteiger charge is 2.35. The molecule has 0 spiro atoms. The van der Waals surface area contributed by atoms with E-state index in [1.165, 1.54) is 11.1 Å². The summed E-state index contributed by atoms with van der Waals surface area (Å²) in [6, 6.07) is 7.44. The number of hydrogen-bond donors (Lipinski definition) is 0. The first-order valence-electron chi connectivity index (χ1n) is 12.1. The molecule has 192 valence electrons. The van der Waals surface area contributed by atoms with Crippen LogP contribution >= 0.6 is 0 Å². The molecule has 0 aliphatic carbocycles. The molecule has 0 bridgehead atoms. The number of aryl methyl sites for hydroxylation is 3. The van der Waals surface area contributed by atoms with Gasteiger partial charge in [-0.1, -0.05) is 0 Å². The number of carbonyl (C=O) groups is 2. The number of alkyl halides is 2. The first-order valence-corrected chi connectivity index (χ1v) is 12.1. The number of pyridine rings is 1. The van der Waals surface area contributed by atoms with Crippen LogP contribution in [0.4, 0.5) is 8.78 Å². The third-order valence-electron chi connectivity index (χ3n) is 6.33. The average Bonchev–Trinajstić information content (AvgIpc) is 3.12. The normalized spacial score (nSPS) is 15.8. The van der Waals surface area contributed by atoms with Crippen molar-refractivity contribution in [2.75, 3.05) is 13.1 Å². The number of benzene rings is 1. The number of aromatic nitrogens is 3. The highest BCUT2D eigenvalue weighted by Crippen LogP contribution is 2.30. The molecule has 0 N–H and O–H groups in total. The van der Waals surface area contributed by atoms with Crippen LogP contribution in [-0.4, -0.2) is 55.9 Å². The third-order valence-corrected chi connectivity index (χ3v) is 6.33. The number of piperidine rings is 1. The molecule has 36 heavy (non-hydrogen) atoms. The zero-order valence-electron chi connectivity index (χ0n) is 21.4. The van der Waals surface area contributed by atoms with Gasteiger partial charge >= 0.3 is 5.97 Å². The molecular weight excluding hydrogens is 466 g/mol. The molecule has 1 aliphatic heterocycles. The average molecular weight is 499 g/mol. The summed E-state index contributed by atoms with van der Waals surface area (Å²) in [5, 5.41) is 0. The lowest BCUT2D eigenvalue weighted by Gasteiger charge is -2.31. The monoisotopic (exact) mass is 498 g/mol. The summed E-state index contributed by atoms with van der Waals surface area (Å²) in [5.74, 6) is -2.45. The number of imidazole rings is 1. The van der Waals surface area contributed by atoms with Gasteiger partial charge in [-0.15, -0.1) is 0 Å². The number of likely N-dealkylation sites (tertiary alicyclic amines) is 1. The lowest BCUT2D eigenvalue weighted by molar-refractivity contribution is -0.154. The second-order valence-electron chi connectivity index (χ2n) is 10.4. The smallest absolute Gasteiger partial charge is 0.306 e. The van der Waals surface area contributed by atoms with E-state index in [1.54, 1.807) is 12.1 Å². The number of rotatable bonds is 5. The van der Waals surface area contributed by atoms with Crippen LogP contribution in [0.3, 0.4) is 0 Å². The molecule has 1 aromatic carbocycles. The summed E-state index contributed by atoms with van der Waals surface area (Å²) in [4.78, 5) is 35.5. The maximum absolute atomic E-state index is 13.4. The predicted octanol–water partition coefficient (Wildman–Crippen LogP) is 5.09. The molecule has 9 heteroatoms. The number of carbonyl (C=O) groups excluding carboxylic acids is 2. The van der Waals surface area contributed by atoms with Crippen molar-refractivity contribution in [1.82, 2.24) is 19.4 Å². The molecule has 0 radical (unpaired) electrons.